The van der Waals surface area contributed by atoms with Gasteiger partial charge in [-0.05, 0) is 55.2 Å². The van der Waals surface area contributed by atoms with Crippen molar-refractivity contribution in [2.45, 2.75) is 37.8 Å². The molecule has 1 saturated carbocycles. The zero-order valence-corrected chi connectivity index (χ0v) is 16.7. The first-order valence-electron chi connectivity index (χ1n) is 8.99. The molecule has 2 aromatic rings. The average molecular weight is 405 g/mol. The molecule has 0 saturated heterocycles. The van der Waals surface area contributed by atoms with Crippen LogP contribution in [0.4, 0.5) is 4.39 Å². The number of thiocarbonyl (C=S) groups is 1. The first-order valence-corrected chi connectivity index (χ1v) is 9.78. The fourth-order valence-corrected chi connectivity index (χ4v) is 4.22. The van der Waals surface area contributed by atoms with Gasteiger partial charge >= 0.3 is 0 Å². The molecule has 0 radical (unpaired) electrons. The predicted molar refractivity (Wildman–Crippen MR) is 110 cm³/mol. The summed E-state index contributed by atoms with van der Waals surface area (Å²) in [6.07, 6.45) is 3.00. The van der Waals surface area contributed by atoms with Crippen LogP contribution in [0.2, 0.25) is 5.02 Å². The highest BCUT2D eigenvalue weighted by molar-refractivity contribution is 7.80. The zero-order chi connectivity index (χ0) is 19.4. The van der Waals surface area contributed by atoms with Crippen molar-refractivity contribution < 1.29 is 9.18 Å². The fourth-order valence-electron chi connectivity index (χ4n) is 3.70. The maximum Gasteiger partial charge on any atom is 0.170 e. The van der Waals surface area contributed by atoms with Crippen molar-refractivity contribution in [2.75, 3.05) is 7.05 Å². The van der Waals surface area contributed by atoms with Crippen molar-refractivity contribution >= 4 is 34.7 Å². The third-order valence-corrected chi connectivity index (χ3v) is 5.96. The van der Waals surface area contributed by atoms with Gasteiger partial charge in [-0.25, -0.2) is 4.39 Å². The Labute approximate surface area is 169 Å². The van der Waals surface area contributed by atoms with E-state index in [1.54, 1.807) is 12.1 Å². The predicted octanol–water partition coefficient (Wildman–Crippen LogP) is 4.82. The standard InChI is InChI=1S/C21H22ClFN2OS/c1-25(20(27)24-14-15-9-11-16(23)12-10-15)21(13-5-4-8-19(21)26)17-6-2-3-7-18(17)22/h2-3,6-7,9-12H,4-5,8,13-14H2,1H3,(H,24,27)/t21-/m1/s1. The number of Topliss-reactive ketones (excluding diaryl/α,β-unsaturated/α-hetero) is 1. The first kappa shape index (κ1) is 19.8. The number of hydrogen-bond acceptors (Lipinski definition) is 2. The molecular weight excluding hydrogens is 383 g/mol. The molecule has 2 aromatic carbocycles. The van der Waals surface area contributed by atoms with Crippen molar-refractivity contribution in [1.82, 2.24) is 10.2 Å². The summed E-state index contributed by atoms with van der Waals surface area (Å²) in [6.45, 7) is 0.455. The van der Waals surface area contributed by atoms with Gasteiger partial charge in [0.15, 0.2) is 10.9 Å². The van der Waals surface area contributed by atoms with E-state index >= 15 is 0 Å². The molecule has 0 spiro atoms. The van der Waals surface area contributed by atoms with Gasteiger partial charge in [-0.1, -0.05) is 41.9 Å². The van der Waals surface area contributed by atoms with E-state index in [0.29, 0.717) is 29.5 Å². The Morgan fingerprint density at radius 1 is 1.22 bits per heavy atom. The quantitative estimate of drug-likeness (QED) is 0.740. The highest BCUT2D eigenvalue weighted by atomic mass is 35.5. The molecule has 0 unspecified atom stereocenters. The van der Waals surface area contributed by atoms with Gasteiger partial charge in [0, 0.05) is 30.6 Å². The zero-order valence-electron chi connectivity index (χ0n) is 15.2. The molecule has 1 aliphatic carbocycles. The van der Waals surface area contributed by atoms with Crippen LogP contribution in [0.25, 0.3) is 0 Å². The van der Waals surface area contributed by atoms with Gasteiger partial charge in [0.2, 0.25) is 0 Å². The Kier molecular flexibility index (Phi) is 6.12. The Morgan fingerprint density at radius 3 is 2.59 bits per heavy atom. The lowest BCUT2D eigenvalue weighted by molar-refractivity contribution is -0.131. The van der Waals surface area contributed by atoms with E-state index in [-0.39, 0.29) is 11.6 Å². The highest BCUT2D eigenvalue weighted by Gasteiger charge is 2.47. The monoisotopic (exact) mass is 404 g/mol. The van der Waals surface area contributed by atoms with Crippen molar-refractivity contribution in [3.8, 4) is 0 Å². The first-order chi connectivity index (χ1) is 12.9. The molecule has 0 aliphatic heterocycles. The molecule has 27 heavy (non-hydrogen) atoms. The maximum atomic E-state index is 13.1. The van der Waals surface area contributed by atoms with Gasteiger partial charge in [-0.2, -0.15) is 0 Å². The van der Waals surface area contributed by atoms with E-state index in [1.807, 2.05) is 36.2 Å². The van der Waals surface area contributed by atoms with Crippen LogP contribution in [-0.4, -0.2) is 22.8 Å². The molecule has 3 rings (SSSR count). The molecular formula is C21H22ClFN2OS. The second kappa shape index (κ2) is 8.36. The van der Waals surface area contributed by atoms with Gasteiger partial charge in [0.05, 0.1) is 0 Å². The van der Waals surface area contributed by atoms with Crippen molar-refractivity contribution in [3.63, 3.8) is 0 Å². The number of nitrogens with one attached hydrogen (secondary N) is 1. The second-order valence-electron chi connectivity index (χ2n) is 6.81. The number of carbonyl (C=O) groups excluding carboxylic acids is 1. The molecule has 0 aromatic heterocycles. The molecule has 1 fully saturated rings. The van der Waals surface area contributed by atoms with Crippen molar-refractivity contribution in [1.29, 1.82) is 0 Å². The number of hydrogen-bond donors (Lipinski definition) is 1. The van der Waals surface area contributed by atoms with Gasteiger partial charge < -0.3 is 10.2 Å². The molecule has 1 atom stereocenters. The van der Waals surface area contributed by atoms with Crippen LogP contribution in [0.1, 0.15) is 36.8 Å². The summed E-state index contributed by atoms with van der Waals surface area (Å²) in [7, 11) is 1.84. The van der Waals surface area contributed by atoms with Gasteiger partial charge in [-0.3, -0.25) is 4.79 Å². The summed E-state index contributed by atoms with van der Waals surface area (Å²) in [6, 6.07) is 13.7. The van der Waals surface area contributed by atoms with Crippen LogP contribution >= 0.6 is 23.8 Å². The minimum absolute atomic E-state index is 0.135. The molecule has 3 nitrogen and oxygen atoms in total. The van der Waals surface area contributed by atoms with E-state index in [2.05, 4.69) is 5.32 Å². The van der Waals surface area contributed by atoms with E-state index < -0.39 is 5.54 Å². The highest BCUT2D eigenvalue weighted by Crippen LogP contribution is 2.42. The normalized spacial score (nSPS) is 19.6. The minimum atomic E-state index is -0.858. The summed E-state index contributed by atoms with van der Waals surface area (Å²) in [4.78, 5) is 14.9. The average Bonchev–Trinajstić information content (AvgIpc) is 2.68. The van der Waals surface area contributed by atoms with E-state index in [1.165, 1.54) is 12.1 Å². The fraction of sp³-hybridized carbons (Fsp3) is 0.333. The van der Waals surface area contributed by atoms with E-state index in [9.17, 15) is 9.18 Å². The molecule has 1 aliphatic rings. The number of halogens is 2. The number of ketones is 1. The second-order valence-corrected chi connectivity index (χ2v) is 7.61. The van der Waals surface area contributed by atoms with Crippen LogP contribution in [-0.2, 0) is 16.9 Å². The van der Waals surface area contributed by atoms with E-state index in [0.717, 1.165) is 24.0 Å². The summed E-state index contributed by atoms with van der Waals surface area (Å²) < 4.78 is 13.1. The lowest BCUT2D eigenvalue weighted by Crippen LogP contribution is -2.56. The van der Waals surface area contributed by atoms with Crippen LogP contribution in [0, 0.1) is 5.82 Å². The molecule has 6 heteroatoms. The number of carbonyl (C=O) groups is 1. The molecule has 0 bridgehead atoms. The summed E-state index contributed by atoms with van der Waals surface area (Å²) >= 11 is 12.1. The summed E-state index contributed by atoms with van der Waals surface area (Å²) in [5.74, 6) is -0.140. The molecule has 1 N–H and O–H groups in total. The Hall–Kier alpha value is -1.98. The SMILES string of the molecule is CN(C(=S)NCc1ccc(F)cc1)[C@@]1(c2ccccc2Cl)CCCCC1=O. The smallest absolute Gasteiger partial charge is 0.170 e. The van der Waals surface area contributed by atoms with Crippen LogP contribution in [0.3, 0.4) is 0 Å². The molecule has 142 valence electrons. The minimum Gasteiger partial charge on any atom is -0.358 e. The van der Waals surface area contributed by atoms with Crippen molar-refractivity contribution in [3.05, 3.63) is 70.5 Å². The maximum absolute atomic E-state index is 13.1. The van der Waals surface area contributed by atoms with Crippen LogP contribution < -0.4 is 5.32 Å². The summed E-state index contributed by atoms with van der Waals surface area (Å²) in [5, 5.41) is 4.23. The number of nitrogens with zero attached hydrogens (tertiary/aromatic N) is 1. The van der Waals surface area contributed by atoms with Gasteiger partial charge in [0.25, 0.3) is 0 Å². The molecule has 0 heterocycles. The van der Waals surface area contributed by atoms with E-state index in [4.69, 9.17) is 23.8 Å². The number of rotatable bonds is 4. The lowest BCUT2D eigenvalue weighted by atomic mass is 9.74. The van der Waals surface area contributed by atoms with Crippen LogP contribution in [0.15, 0.2) is 48.5 Å². The Bertz CT molecular complexity index is 842. The summed E-state index contributed by atoms with van der Waals surface area (Å²) in [5.41, 5.74) is 0.849. The molecule has 0 amide bonds. The number of benzene rings is 2. The third kappa shape index (κ3) is 3.99. The lowest BCUT2D eigenvalue weighted by Gasteiger charge is -2.45. The van der Waals surface area contributed by atoms with Crippen LogP contribution in [0.5, 0.6) is 0 Å². The number of likely N-dealkylation sites (N-methyl/N-ethyl adjacent to an activating group) is 1. The van der Waals surface area contributed by atoms with Gasteiger partial charge in [-0.15, -0.1) is 0 Å². The topological polar surface area (TPSA) is 32.3 Å². The Morgan fingerprint density at radius 2 is 1.93 bits per heavy atom. The van der Waals surface area contributed by atoms with Gasteiger partial charge in [0.1, 0.15) is 11.4 Å². The Balaban J connectivity index is 1.85. The third-order valence-electron chi connectivity index (χ3n) is 5.21. The van der Waals surface area contributed by atoms with Crippen molar-refractivity contribution in [2.24, 2.45) is 0 Å². The largest absolute Gasteiger partial charge is 0.358 e.